The van der Waals surface area contributed by atoms with Crippen LogP contribution in [0.5, 0.6) is 11.5 Å². The summed E-state index contributed by atoms with van der Waals surface area (Å²) in [5.74, 6) is 2.87. The molecule has 1 aliphatic heterocycles. The van der Waals surface area contributed by atoms with E-state index in [4.69, 9.17) is 20.2 Å². The summed E-state index contributed by atoms with van der Waals surface area (Å²) in [6.45, 7) is 3.84. The highest BCUT2D eigenvalue weighted by atomic mass is 16.5. The third kappa shape index (κ3) is 3.11. The van der Waals surface area contributed by atoms with E-state index in [2.05, 4.69) is 27.0 Å². The number of piperidine rings is 1. The molecule has 8 heteroatoms. The Hall–Kier alpha value is -3.03. The smallest absolute Gasteiger partial charge is 0.227 e. The van der Waals surface area contributed by atoms with Gasteiger partial charge in [0.05, 0.1) is 25.9 Å². The zero-order chi connectivity index (χ0) is 19.0. The maximum absolute atomic E-state index is 6.22. The predicted octanol–water partition coefficient (Wildman–Crippen LogP) is 2.64. The maximum atomic E-state index is 6.22. The van der Waals surface area contributed by atoms with Crippen LogP contribution in [-0.2, 0) is 0 Å². The molecule has 4 rings (SSSR count). The Bertz CT molecular complexity index is 962. The fourth-order valence-corrected chi connectivity index (χ4v) is 3.77. The van der Waals surface area contributed by atoms with Gasteiger partial charge in [-0.2, -0.15) is 10.1 Å². The lowest BCUT2D eigenvalue weighted by Crippen LogP contribution is -2.34. The molecule has 0 saturated carbocycles. The van der Waals surface area contributed by atoms with Crippen molar-refractivity contribution in [1.29, 1.82) is 0 Å². The van der Waals surface area contributed by atoms with Crippen molar-refractivity contribution >= 4 is 22.7 Å². The normalized spacial score (nSPS) is 15.3. The molecule has 27 heavy (non-hydrogen) atoms. The van der Waals surface area contributed by atoms with E-state index in [-0.39, 0.29) is 0 Å². The van der Waals surface area contributed by atoms with Crippen molar-refractivity contribution in [2.45, 2.75) is 25.7 Å². The summed E-state index contributed by atoms with van der Waals surface area (Å²) in [5, 5.41) is 7.94. The van der Waals surface area contributed by atoms with Crippen LogP contribution in [0.4, 0.5) is 11.8 Å². The first kappa shape index (κ1) is 17.4. The number of hydrogen-bond acceptors (Lipinski definition) is 7. The number of nitrogen functional groups attached to an aromatic ring is 1. The molecule has 1 aliphatic rings. The number of aromatic nitrogens is 4. The molecule has 0 radical (unpaired) electrons. The highest BCUT2D eigenvalue weighted by molar-refractivity contribution is 5.91. The van der Waals surface area contributed by atoms with Crippen molar-refractivity contribution < 1.29 is 9.47 Å². The molecular formula is C19H24N6O2. The minimum absolute atomic E-state index is 0.448. The number of nitrogens with two attached hydrogens (primary N) is 1. The Morgan fingerprint density at radius 1 is 1.11 bits per heavy atom. The van der Waals surface area contributed by atoms with E-state index < -0.39 is 0 Å². The molecule has 0 aliphatic carbocycles. The number of aryl methyl sites for hydroxylation is 1. The summed E-state index contributed by atoms with van der Waals surface area (Å²) in [6, 6.07) is 3.67. The number of benzene rings is 1. The Morgan fingerprint density at radius 2 is 1.81 bits per heavy atom. The molecular weight excluding hydrogens is 344 g/mol. The standard InChI is InChI=1S/C19H24N6O2/c1-11-14(10-21-24-11)12-4-6-25(7-5-12)19-22-15-9-17(27-3)16(26-2)8-13(15)18(20)23-19/h8-10,12H,4-7H2,1-3H3,(H,21,24)(H2,20,22,23). The molecule has 142 valence electrons. The van der Waals surface area contributed by atoms with E-state index in [0.717, 1.165) is 42.5 Å². The van der Waals surface area contributed by atoms with Crippen molar-refractivity contribution in [3.8, 4) is 11.5 Å². The van der Waals surface area contributed by atoms with Gasteiger partial charge in [0.2, 0.25) is 5.95 Å². The number of fused-ring (bicyclic) bond motifs is 1. The lowest BCUT2D eigenvalue weighted by Gasteiger charge is -2.32. The van der Waals surface area contributed by atoms with Crippen molar-refractivity contribution in [1.82, 2.24) is 20.2 Å². The molecule has 0 bridgehead atoms. The molecule has 0 amide bonds. The van der Waals surface area contributed by atoms with Gasteiger partial charge in [-0.15, -0.1) is 0 Å². The monoisotopic (exact) mass is 368 g/mol. The number of methoxy groups -OCH3 is 2. The molecule has 3 N–H and O–H groups in total. The van der Waals surface area contributed by atoms with Crippen LogP contribution in [0.1, 0.15) is 30.0 Å². The summed E-state index contributed by atoms with van der Waals surface area (Å²) in [6.07, 6.45) is 4.01. The van der Waals surface area contributed by atoms with Crippen LogP contribution >= 0.6 is 0 Å². The van der Waals surface area contributed by atoms with Gasteiger partial charge in [-0.3, -0.25) is 5.10 Å². The fourth-order valence-electron chi connectivity index (χ4n) is 3.77. The average Bonchev–Trinajstić information content (AvgIpc) is 3.13. The first-order valence-electron chi connectivity index (χ1n) is 9.04. The van der Waals surface area contributed by atoms with Gasteiger partial charge in [0.15, 0.2) is 11.5 Å². The van der Waals surface area contributed by atoms with Crippen LogP contribution in [0, 0.1) is 6.92 Å². The Kier molecular flexibility index (Phi) is 4.47. The first-order chi connectivity index (χ1) is 13.1. The summed E-state index contributed by atoms with van der Waals surface area (Å²) in [5.41, 5.74) is 9.43. The number of hydrogen-bond donors (Lipinski definition) is 2. The number of nitrogens with zero attached hydrogens (tertiary/aromatic N) is 4. The van der Waals surface area contributed by atoms with E-state index >= 15 is 0 Å². The van der Waals surface area contributed by atoms with Crippen LogP contribution in [0.2, 0.25) is 0 Å². The van der Waals surface area contributed by atoms with Gasteiger partial charge < -0.3 is 20.1 Å². The number of ether oxygens (including phenoxy) is 2. The van der Waals surface area contributed by atoms with Crippen LogP contribution in [0.15, 0.2) is 18.3 Å². The molecule has 0 spiro atoms. The highest BCUT2D eigenvalue weighted by Crippen LogP contribution is 2.35. The molecule has 1 aromatic carbocycles. The van der Waals surface area contributed by atoms with Crippen LogP contribution in [0.25, 0.3) is 10.9 Å². The SMILES string of the molecule is COc1cc2nc(N3CCC(c4cn[nH]c4C)CC3)nc(N)c2cc1OC. The van der Waals surface area contributed by atoms with Gasteiger partial charge in [0.1, 0.15) is 5.82 Å². The minimum atomic E-state index is 0.448. The number of nitrogens with one attached hydrogen (secondary N) is 1. The summed E-state index contributed by atoms with van der Waals surface area (Å²) < 4.78 is 10.7. The summed E-state index contributed by atoms with van der Waals surface area (Å²) >= 11 is 0. The van der Waals surface area contributed by atoms with Crippen molar-refractivity contribution in [3.05, 3.63) is 29.6 Å². The molecule has 3 heterocycles. The van der Waals surface area contributed by atoms with E-state index in [1.165, 1.54) is 5.56 Å². The second-order valence-corrected chi connectivity index (χ2v) is 6.84. The zero-order valence-electron chi connectivity index (χ0n) is 15.8. The molecule has 0 atom stereocenters. The van der Waals surface area contributed by atoms with Crippen molar-refractivity contribution in [2.24, 2.45) is 0 Å². The lowest BCUT2D eigenvalue weighted by atomic mass is 9.90. The molecule has 3 aromatic rings. The van der Waals surface area contributed by atoms with Crippen LogP contribution in [-0.4, -0.2) is 47.5 Å². The van der Waals surface area contributed by atoms with E-state index in [1.54, 1.807) is 14.2 Å². The lowest BCUT2D eigenvalue weighted by molar-refractivity contribution is 0.356. The Labute approximate surface area is 157 Å². The molecule has 2 aromatic heterocycles. The second-order valence-electron chi connectivity index (χ2n) is 6.84. The predicted molar refractivity (Wildman–Crippen MR) is 105 cm³/mol. The molecule has 8 nitrogen and oxygen atoms in total. The second kappa shape index (κ2) is 6.94. The zero-order valence-corrected chi connectivity index (χ0v) is 15.8. The number of H-pyrrole nitrogens is 1. The number of aromatic amines is 1. The van der Waals surface area contributed by atoms with Gasteiger partial charge in [0, 0.05) is 30.2 Å². The maximum Gasteiger partial charge on any atom is 0.227 e. The van der Waals surface area contributed by atoms with E-state index in [9.17, 15) is 0 Å². The van der Waals surface area contributed by atoms with Crippen molar-refractivity contribution in [2.75, 3.05) is 37.9 Å². The third-order valence-corrected chi connectivity index (χ3v) is 5.31. The van der Waals surface area contributed by atoms with Gasteiger partial charge in [-0.05, 0) is 37.3 Å². The van der Waals surface area contributed by atoms with Crippen LogP contribution < -0.4 is 20.1 Å². The minimum Gasteiger partial charge on any atom is -0.493 e. The fraction of sp³-hybridized carbons (Fsp3) is 0.421. The Morgan fingerprint density at radius 3 is 2.44 bits per heavy atom. The van der Waals surface area contributed by atoms with Gasteiger partial charge in [-0.25, -0.2) is 4.98 Å². The van der Waals surface area contributed by atoms with E-state index in [0.29, 0.717) is 29.2 Å². The average molecular weight is 368 g/mol. The van der Waals surface area contributed by atoms with Crippen LogP contribution in [0.3, 0.4) is 0 Å². The number of rotatable bonds is 4. The molecule has 0 unspecified atom stereocenters. The Balaban J connectivity index is 1.60. The molecule has 1 saturated heterocycles. The quantitative estimate of drug-likeness (QED) is 0.730. The van der Waals surface area contributed by atoms with E-state index in [1.807, 2.05) is 18.3 Å². The highest BCUT2D eigenvalue weighted by Gasteiger charge is 2.25. The summed E-state index contributed by atoms with van der Waals surface area (Å²) in [7, 11) is 3.21. The first-order valence-corrected chi connectivity index (χ1v) is 9.04. The largest absolute Gasteiger partial charge is 0.493 e. The van der Waals surface area contributed by atoms with Gasteiger partial charge in [-0.1, -0.05) is 0 Å². The number of anilines is 2. The molecule has 1 fully saturated rings. The van der Waals surface area contributed by atoms with Gasteiger partial charge >= 0.3 is 0 Å². The van der Waals surface area contributed by atoms with Gasteiger partial charge in [0.25, 0.3) is 0 Å². The van der Waals surface area contributed by atoms with Crippen molar-refractivity contribution in [3.63, 3.8) is 0 Å². The third-order valence-electron chi connectivity index (χ3n) is 5.31. The summed E-state index contributed by atoms with van der Waals surface area (Å²) in [4.78, 5) is 11.5. The topological polar surface area (TPSA) is 102 Å².